The Kier molecular flexibility index (Phi) is 8.88. The standard InChI is InChI=1S/C22H27N3O.H2O4S/c1-4-8-21(26)24-17-10-7-11-18-19-12-6-9-16(14-23-15(3)5-2)22(19)25-20(18)13-17;1-5(2,3)4/h6-7,9-13,15,23H,4-5,8,14H2,1-3H3,(H,24,26);(H2,1,2,3,4). The van der Waals surface area contributed by atoms with Gasteiger partial charge in [0, 0.05) is 35.6 Å². The molecule has 1 unspecified atom stereocenters. The number of anilines is 1. The molecular formula is C22H29N3O5S. The van der Waals surface area contributed by atoms with E-state index in [4.69, 9.17) is 22.5 Å². The molecule has 1 aliphatic carbocycles. The summed E-state index contributed by atoms with van der Waals surface area (Å²) in [5.41, 5.74) is 5.06. The largest absolute Gasteiger partial charge is 0.394 e. The lowest BCUT2D eigenvalue weighted by Gasteiger charge is -2.11. The number of nitrogens with zero attached hydrogens (tertiary/aromatic N) is 1. The smallest absolute Gasteiger partial charge is 0.326 e. The zero-order valence-corrected chi connectivity index (χ0v) is 18.7. The molecule has 0 fully saturated rings. The van der Waals surface area contributed by atoms with Gasteiger partial charge in [0.1, 0.15) is 0 Å². The van der Waals surface area contributed by atoms with Crippen LogP contribution in [0.5, 0.6) is 0 Å². The van der Waals surface area contributed by atoms with E-state index in [-0.39, 0.29) is 5.91 Å². The monoisotopic (exact) mass is 447 g/mol. The van der Waals surface area contributed by atoms with Crippen molar-refractivity contribution in [1.29, 1.82) is 0 Å². The van der Waals surface area contributed by atoms with E-state index in [1.54, 1.807) is 0 Å². The summed E-state index contributed by atoms with van der Waals surface area (Å²) in [4.78, 5) is 16.8. The highest BCUT2D eigenvalue weighted by molar-refractivity contribution is 7.79. The van der Waals surface area contributed by atoms with E-state index >= 15 is 0 Å². The van der Waals surface area contributed by atoms with E-state index in [9.17, 15) is 4.79 Å². The van der Waals surface area contributed by atoms with Crippen LogP contribution in [0.3, 0.4) is 0 Å². The van der Waals surface area contributed by atoms with Gasteiger partial charge < -0.3 is 10.6 Å². The van der Waals surface area contributed by atoms with Gasteiger partial charge in [-0.15, -0.1) is 0 Å². The summed E-state index contributed by atoms with van der Waals surface area (Å²) in [6, 6.07) is 14.8. The number of para-hydroxylation sites is 1. The average Bonchev–Trinajstić information content (AvgIpc) is 2.90. The number of hydrogen-bond acceptors (Lipinski definition) is 5. The molecule has 0 radical (unpaired) electrons. The molecule has 31 heavy (non-hydrogen) atoms. The molecule has 168 valence electrons. The molecule has 1 aliphatic heterocycles. The Bertz CT molecular complexity index is 1090. The van der Waals surface area contributed by atoms with Crippen LogP contribution < -0.4 is 10.6 Å². The second kappa shape index (κ2) is 11.1. The lowest BCUT2D eigenvalue weighted by molar-refractivity contribution is -0.116. The van der Waals surface area contributed by atoms with Crippen LogP contribution in [0, 0.1) is 0 Å². The first-order valence-corrected chi connectivity index (χ1v) is 11.6. The zero-order chi connectivity index (χ0) is 23.0. The molecule has 4 N–H and O–H groups in total. The number of rotatable bonds is 7. The van der Waals surface area contributed by atoms with Crippen LogP contribution >= 0.6 is 0 Å². The van der Waals surface area contributed by atoms with Crippen LogP contribution in [0.15, 0.2) is 42.5 Å². The van der Waals surface area contributed by atoms with Crippen LogP contribution in [-0.2, 0) is 21.7 Å². The van der Waals surface area contributed by atoms with Crippen molar-refractivity contribution in [2.75, 3.05) is 5.32 Å². The van der Waals surface area contributed by atoms with Crippen LogP contribution in [0.4, 0.5) is 5.69 Å². The van der Waals surface area contributed by atoms with Gasteiger partial charge in [-0.1, -0.05) is 44.2 Å². The van der Waals surface area contributed by atoms with Gasteiger partial charge in [0.05, 0.1) is 11.2 Å². The summed E-state index contributed by atoms with van der Waals surface area (Å²) >= 11 is 0. The second-order valence-electron chi connectivity index (χ2n) is 7.29. The average molecular weight is 448 g/mol. The summed E-state index contributed by atoms with van der Waals surface area (Å²) in [6.07, 6.45) is 2.47. The van der Waals surface area contributed by atoms with E-state index in [0.29, 0.717) is 12.5 Å². The van der Waals surface area contributed by atoms with Crippen LogP contribution in [0.2, 0.25) is 0 Å². The molecule has 3 rings (SSSR count). The summed E-state index contributed by atoms with van der Waals surface area (Å²) < 4.78 is 31.6. The third-order valence-electron chi connectivity index (χ3n) is 4.76. The van der Waals surface area contributed by atoms with Gasteiger partial charge in [0.15, 0.2) is 0 Å². The fourth-order valence-electron chi connectivity index (χ4n) is 3.09. The highest BCUT2D eigenvalue weighted by Crippen LogP contribution is 2.33. The van der Waals surface area contributed by atoms with Gasteiger partial charge >= 0.3 is 10.4 Å². The molecule has 0 bridgehead atoms. The summed E-state index contributed by atoms with van der Waals surface area (Å²) in [6.45, 7) is 7.19. The van der Waals surface area contributed by atoms with Gasteiger partial charge in [-0.2, -0.15) is 8.42 Å². The quantitative estimate of drug-likeness (QED) is 0.397. The highest BCUT2D eigenvalue weighted by Gasteiger charge is 2.14. The number of fused-ring (bicyclic) bond motifs is 3. The van der Waals surface area contributed by atoms with Crippen LogP contribution in [0.25, 0.3) is 22.2 Å². The Morgan fingerprint density at radius 1 is 1.13 bits per heavy atom. The molecule has 0 aromatic heterocycles. The molecule has 1 heterocycles. The second-order valence-corrected chi connectivity index (χ2v) is 8.18. The predicted molar refractivity (Wildman–Crippen MR) is 123 cm³/mol. The van der Waals surface area contributed by atoms with E-state index in [1.807, 2.05) is 25.1 Å². The van der Waals surface area contributed by atoms with Crippen LogP contribution in [-0.4, -0.2) is 34.5 Å². The first-order valence-electron chi connectivity index (χ1n) is 10.2. The van der Waals surface area contributed by atoms with E-state index in [1.165, 1.54) is 5.56 Å². The number of amides is 1. The van der Waals surface area contributed by atoms with Crippen molar-refractivity contribution in [2.45, 2.75) is 52.6 Å². The first-order chi connectivity index (χ1) is 14.6. The van der Waals surface area contributed by atoms with E-state index < -0.39 is 10.4 Å². The van der Waals surface area contributed by atoms with Crippen molar-refractivity contribution in [3.05, 3.63) is 48.0 Å². The number of aromatic nitrogens is 1. The lowest BCUT2D eigenvalue weighted by Crippen LogP contribution is -2.24. The molecule has 1 aromatic carbocycles. The van der Waals surface area contributed by atoms with E-state index in [0.717, 1.165) is 47.2 Å². The predicted octanol–water partition coefficient (Wildman–Crippen LogP) is 4.31. The Hall–Kier alpha value is -2.59. The number of carbonyl (C=O) groups is 1. The summed E-state index contributed by atoms with van der Waals surface area (Å²) in [5, 5.41) is 7.67. The van der Waals surface area contributed by atoms with Gasteiger partial charge in [-0.3, -0.25) is 13.9 Å². The zero-order valence-electron chi connectivity index (χ0n) is 17.9. The Morgan fingerprint density at radius 3 is 2.45 bits per heavy atom. The van der Waals surface area contributed by atoms with Crippen molar-refractivity contribution in [2.24, 2.45) is 0 Å². The molecule has 1 atom stereocenters. The minimum Gasteiger partial charge on any atom is -0.326 e. The molecule has 0 saturated heterocycles. The lowest BCUT2D eigenvalue weighted by atomic mass is 10.1. The minimum atomic E-state index is -4.67. The highest BCUT2D eigenvalue weighted by atomic mass is 32.3. The molecule has 2 aliphatic rings. The first kappa shape index (κ1) is 24.7. The maximum atomic E-state index is 11.9. The SMILES string of the molecule is CCCC(=O)Nc1cccc2c3cccc(CNC(C)CC)c3nc-2c1.O=S(=O)(O)O. The molecule has 9 heteroatoms. The molecule has 0 saturated carbocycles. The Morgan fingerprint density at radius 2 is 1.81 bits per heavy atom. The maximum absolute atomic E-state index is 11.9. The molecule has 1 amide bonds. The normalized spacial score (nSPS) is 12.3. The molecule has 1 aromatic rings. The fraction of sp³-hybridized carbons (Fsp3) is 0.364. The summed E-state index contributed by atoms with van der Waals surface area (Å²) in [5.74, 6) is 0.0430. The van der Waals surface area contributed by atoms with Gasteiger partial charge in [-0.25, -0.2) is 4.98 Å². The molecule has 8 nitrogen and oxygen atoms in total. The van der Waals surface area contributed by atoms with Gasteiger partial charge in [0.25, 0.3) is 0 Å². The summed E-state index contributed by atoms with van der Waals surface area (Å²) in [7, 11) is -4.67. The van der Waals surface area contributed by atoms with E-state index in [2.05, 4.69) is 48.7 Å². The van der Waals surface area contributed by atoms with Crippen LogP contribution in [0.1, 0.15) is 45.6 Å². The number of hydrogen-bond donors (Lipinski definition) is 4. The Labute approximate surface area is 183 Å². The van der Waals surface area contributed by atoms with Crippen molar-refractivity contribution < 1.29 is 22.3 Å². The maximum Gasteiger partial charge on any atom is 0.394 e. The number of benzene rings is 1. The fourth-order valence-corrected chi connectivity index (χ4v) is 3.09. The topological polar surface area (TPSA) is 129 Å². The molecule has 0 spiro atoms. The third kappa shape index (κ3) is 7.87. The van der Waals surface area contributed by atoms with Gasteiger partial charge in [-0.05, 0) is 37.5 Å². The van der Waals surface area contributed by atoms with Crippen molar-refractivity contribution in [1.82, 2.24) is 10.3 Å². The Balaban J connectivity index is 0.000000614. The molecular weight excluding hydrogens is 418 g/mol. The number of carbonyl (C=O) groups excluding carboxylic acids is 1. The van der Waals surface area contributed by atoms with Crippen molar-refractivity contribution in [3.8, 4) is 11.3 Å². The van der Waals surface area contributed by atoms with Crippen molar-refractivity contribution >= 4 is 32.9 Å². The number of nitrogens with one attached hydrogen (secondary N) is 2. The van der Waals surface area contributed by atoms with Crippen molar-refractivity contribution in [3.63, 3.8) is 0 Å². The van der Waals surface area contributed by atoms with Gasteiger partial charge in [0.2, 0.25) is 5.91 Å². The third-order valence-corrected chi connectivity index (χ3v) is 4.76. The minimum absolute atomic E-state index is 0.0430.